The largest absolute Gasteiger partial charge is 0.489 e. The van der Waals surface area contributed by atoms with E-state index in [1.54, 1.807) is 7.05 Å². The Hall–Kier alpha value is -2.27. The summed E-state index contributed by atoms with van der Waals surface area (Å²) in [5, 5.41) is 10.4. The van der Waals surface area contributed by atoms with E-state index in [0.717, 1.165) is 24.9 Å². The number of esters is 1. The summed E-state index contributed by atoms with van der Waals surface area (Å²) in [7, 11) is -1.05. The molecule has 2 aromatic carbocycles. The molecule has 0 radical (unpaired) electrons. The number of benzene rings is 2. The lowest BCUT2D eigenvalue weighted by molar-refractivity contribution is -0.163. The number of anilines is 2. The fraction of sp³-hybridized carbons (Fsp3) is 0.480. The molecule has 8 nitrogen and oxygen atoms in total. The second-order valence-electron chi connectivity index (χ2n) is 8.79. The lowest BCUT2D eigenvalue weighted by Gasteiger charge is -2.29. The number of aliphatic hydroxyl groups is 1. The molecule has 1 aliphatic rings. The Balaban J connectivity index is 2.15. The minimum Gasteiger partial charge on any atom is -0.489 e. The average Bonchev–Trinajstić information content (AvgIpc) is 2.93. The van der Waals surface area contributed by atoms with Crippen molar-refractivity contribution in [2.24, 2.45) is 0 Å². The fourth-order valence-electron chi connectivity index (χ4n) is 4.06. The van der Waals surface area contributed by atoms with Crippen molar-refractivity contribution < 1.29 is 27.8 Å². The summed E-state index contributed by atoms with van der Waals surface area (Å²) in [5.41, 5.74) is -0.414. The summed E-state index contributed by atoms with van der Waals surface area (Å²) in [6.07, 6.45) is 4.49. The highest BCUT2D eigenvalue weighted by Crippen LogP contribution is 2.43. The van der Waals surface area contributed by atoms with E-state index >= 15 is 0 Å². The maximum atomic E-state index is 13.8. The SMILES string of the molecule is CCCCC1CN(c2ccccc2)c2cc(SC)c(OCC(C)(O)C(=O)OC)cc2S(=O)(=O)N1C. The first-order valence-electron chi connectivity index (χ1n) is 11.5. The number of carbonyl (C=O) groups excluding carboxylic acids is 1. The van der Waals surface area contributed by atoms with Gasteiger partial charge in [0.15, 0.2) is 5.60 Å². The molecule has 0 bridgehead atoms. The molecule has 35 heavy (non-hydrogen) atoms. The Morgan fingerprint density at radius 3 is 2.54 bits per heavy atom. The van der Waals surface area contributed by atoms with Crippen molar-refractivity contribution >= 4 is 39.1 Å². The monoisotopic (exact) mass is 522 g/mol. The number of rotatable bonds is 9. The first kappa shape index (κ1) is 27.3. The normalized spacial score (nSPS) is 19.4. The van der Waals surface area contributed by atoms with E-state index in [1.165, 1.54) is 36.2 Å². The lowest BCUT2D eigenvalue weighted by atomic mass is 10.1. The van der Waals surface area contributed by atoms with Crippen molar-refractivity contribution in [2.75, 3.05) is 38.5 Å². The number of methoxy groups -OCH3 is 1. The van der Waals surface area contributed by atoms with Crippen LogP contribution in [0.4, 0.5) is 11.4 Å². The van der Waals surface area contributed by atoms with Gasteiger partial charge in [-0.15, -0.1) is 11.8 Å². The zero-order valence-corrected chi connectivity index (χ0v) is 22.5. The quantitative estimate of drug-likeness (QED) is 0.389. The van der Waals surface area contributed by atoms with E-state index in [-0.39, 0.29) is 23.3 Å². The van der Waals surface area contributed by atoms with Gasteiger partial charge in [0, 0.05) is 31.4 Å². The van der Waals surface area contributed by atoms with E-state index < -0.39 is 21.6 Å². The average molecular weight is 523 g/mol. The zero-order valence-electron chi connectivity index (χ0n) is 20.9. The third kappa shape index (κ3) is 5.77. The molecule has 3 rings (SSSR count). The molecule has 0 saturated heterocycles. The molecule has 0 fully saturated rings. The number of hydrogen-bond donors (Lipinski definition) is 1. The van der Waals surface area contributed by atoms with Gasteiger partial charge in [0.25, 0.3) is 0 Å². The van der Waals surface area contributed by atoms with E-state index in [0.29, 0.717) is 17.1 Å². The first-order valence-corrected chi connectivity index (χ1v) is 14.2. The molecule has 0 aliphatic carbocycles. The number of para-hydroxylation sites is 1. The van der Waals surface area contributed by atoms with Crippen LogP contribution in [0.1, 0.15) is 33.1 Å². The Bertz CT molecular complexity index is 1140. The van der Waals surface area contributed by atoms with Gasteiger partial charge in [-0.2, -0.15) is 4.31 Å². The van der Waals surface area contributed by atoms with Crippen molar-refractivity contribution in [3.63, 3.8) is 0 Å². The van der Waals surface area contributed by atoms with Crippen LogP contribution in [0.15, 0.2) is 52.3 Å². The number of sulfonamides is 1. The zero-order chi connectivity index (χ0) is 25.8. The standard InChI is InChI=1S/C25H34N2O6S2/c1-6-7-11-19-16-27(18-12-9-8-10-13-18)20-14-22(34-5)21(15-23(20)35(30,31)26(19)3)33-17-25(2,29)24(28)32-4/h8-10,12-15,19,29H,6-7,11,16-17H2,1-5H3. The van der Waals surface area contributed by atoms with Crippen LogP contribution >= 0.6 is 11.8 Å². The molecule has 10 heteroatoms. The predicted molar refractivity (Wildman–Crippen MR) is 138 cm³/mol. The number of nitrogens with zero attached hydrogens (tertiary/aromatic N) is 2. The molecule has 1 aliphatic heterocycles. The summed E-state index contributed by atoms with van der Waals surface area (Å²) >= 11 is 1.39. The van der Waals surface area contributed by atoms with Crippen LogP contribution in [0.3, 0.4) is 0 Å². The van der Waals surface area contributed by atoms with E-state index in [4.69, 9.17) is 4.74 Å². The molecule has 2 atom stereocenters. The number of hydrogen-bond acceptors (Lipinski definition) is 8. The van der Waals surface area contributed by atoms with Gasteiger partial charge in [0.1, 0.15) is 17.3 Å². The maximum Gasteiger partial charge on any atom is 0.341 e. The van der Waals surface area contributed by atoms with Gasteiger partial charge in [-0.3, -0.25) is 0 Å². The van der Waals surface area contributed by atoms with Gasteiger partial charge in [0.05, 0.1) is 17.7 Å². The molecule has 0 spiro atoms. The third-order valence-corrected chi connectivity index (χ3v) is 8.89. The van der Waals surface area contributed by atoms with Crippen LogP contribution in [-0.4, -0.2) is 69.0 Å². The Morgan fingerprint density at radius 2 is 1.94 bits per heavy atom. The maximum absolute atomic E-state index is 13.8. The van der Waals surface area contributed by atoms with Gasteiger partial charge in [0.2, 0.25) is 10.0 Å². The van der Waals surface area contributed by atoms with Gasteiger partial charge in [-0.1, -0.05) is 38.0 Å². The number of likely N-dealkylation sites (N-methyl/N-ethyl adjacent to an activating group) is 1. The van der Waals surface area contributed by atoms with Crippen LogP contribution in [0.5, 0.6) is 5.75 Å². The smallest absolute Gasteiger partial charge is 0.341 e. The van der Waals surface area contributed by atoms with Crippen molar-refractivity contribution in [3.05, 3.63) is 42.5 Å². The molecule has 192 valence electrons. The van der Waals surface area contributed by atoms with Crippen LogP contribution in [0.2, 0.25) is 0 Å². The predicted octanol–water partition coefficient (Wildman–Crippen LogP) is 4.04. The second-order valence-corrected chi connectivity index (χ2v) is 11.6. The molecule has 2 unspecified atom stereocenters. The number of carbonyl (C=O) groups is 1. The summed E-state index contributed by atoms with van der Waals surface area (Å²) in [5.74, 6) is -0.559. The van der Waals surface area contributed by atoms with Crippen molar-refractivity contribution in [1.82, 2.24) is 4.31 Å². The van der Waals surface area contributed by atoms with Gasteiger partial charge < -0.3 is 19.5 Å². The highest BCUT2D eigenvalue weighted by Gasteiger charge is 2.38. The molecule has 1 heterocycles. The molecule has 1 N–H and O–H groups in total. The third-order valence-electron chi connectivity index (χ3n) is 6.19. The summed E-state index contributed by atoms with van der Waals surface area (Å²) in [4.78, 5) is 14.7. The van der Waals surface area contributed by atoms with Crippen molar-refractivity contribution in [2.45, 2.75) is 54.5 Å². The van der Waals surface area contributed by atoms with E-state index in [2.05, 4.69) is 11.7 Å². The summed E-state index contributed by atoms with van der Waals surface area (Å²) in [6, 6.07) is 12.8. The number of ether oxygens (including phenoxy) is 2. The Morgan fingerprint density at radius 1 is 1.26 bits per heavy atom. The first-order chi connectivity index (χ1) is 16.6. The molecule has 0 aromatic heterocycles. The minimum atomic E-state index is -3.85. The van der Waals surface area contributed by atoms with Crippen LogP contribution in [0.25, 0.3) is 0 Å². The number of fused-ring (bicyclic) bond motifs is 1. The minimum absolute atomic E-state index is 0.119. The van der Waals surface area contributed by atoms with Gasteiger partial charge in [-0.05, 0) is 37.8 Å². The Labute approximate surface area is 212 Å². The molecule has 2 aromatic rings. The van der Waals surface area contributed by atoms with Gasteiger partial charge >= 0.3 is 5.97 Å². The van der Waals surface area contributed by atoms with Gasteiger partial charge in [-0.25, -0.2) is 13.2 Å². The fourth-order valence-corrected chi connectivity index (χ4v) is 6.17. The van der Waals surface area contributed by atoms with Crippen molar-refractivity contribution in [3.8, 4) is 5.75 Å². The second kappa shape index (κ2) is 11.2. The summed E-state index contributed by atoms with van der Waals surface area (Å²) < 4.78 is 39.5. The molecule has 0 saturated carbocycles. The lowest BCUT2D eigenvalue weighted by Crippen LogP contribution is -2.42. The molecular weight excluding hydrogens is 488 g/mol. The Kier molecular flexibility index (Phi) is 8.74. The van der Waals surface area contributed by atoms with Crippen molar-refractivity contribution in [1.29, 1.82) is 0 Å². The highest BCUT2D eigenvalue weighted by atomic mass is 32.2. The van der Waals surface area contributed by atoms with E-state index in [1.807, 2.05) is 47.6 Å². The highest BCUT2D eigenvalue weighted by molar-refractivity contribution is 7.98. The van der Waals surface area contributed by atoms with Crippen LogP contribution in [0, 0.1) is 0 Å². The van der Waals surface area contributed by atoms with Crippen LogP contribution in [-0.2, 0) is 19.6 Å². The van der Waals surface area contributed by atoms with E-state index in [9.17, 15) is 18.3 Å². The number of unbranched alkanes of at least 4 members (excludes halogenated alkanes) is 1. The number of thioether (sulfide) groups is 1. The summed E-state index contributed by atoms with van der Waals surface area (Å²) in [6.45, 7) is 3.51. The van der Waals surface area contributed by atoms with Crippen LogP contribution < -0.4 is 9.64 Å². The topological polar surface area (TPSA) is 96.4 Å². The molecular formula is C25H34N2O6S2. The molecule has 0 amide bonds.